The Labute approximate surface area is 94.0 Å². The van der Waals surface area contributed by atoms with Crippen LogP contribution in [0.15, 0.2) is 0 Å². The van der Waals surface area contributed by atoms with Gasteiger partial charge in [0, 0.05) is 19.7 Å². The van der Waals surface area contributed by atoms with E-state index in [4.69, 9.17) is 10.5 Å². The van der Waals surface area contributed by atoms with Gasteiger partial charge in [0.1, 0.15) is 0 Å². The molecule has 3 nitrogen and oxygen atoms in total. The SMILES string of the molecule is CCC1(C)CCN(CC(N)COC)CC1. The fourth-order valence-corrected chi connectivity index (χ4v) is 2.23. The van der Waals surface area contributed by atoms with Crippen LogP contribution in [0.5, 0.6) is 0 Å². The summed E-state index contributed by atoms with van der Waals surface area (Å²) in [5.41, 5.74) is 6.52. The van der Waals surface area contributed by atoms with Crippen LogP contribution in [0.4, 0.5) is 0 Å². The molecule has 0 aromatic carbocycles. The topological polar surface area (TPSA) is 38.5 Å². The van der Waals surface area contributed by atoms with Crippen LogP contribution in [0.3, 0.4) is 0 Å². The molecule has 1 saturated heterocycles. The highest BCUT2D eigenvalue weighted by Gasteiger charge is 2.28. The third-order valence-corrected chi connectivity index (χ3v) is 3.79. The minimum absolute atomic E-state index is 0.168. The Morgan fingerprint density at radius 2 is 2.00 bits per heavy atom. The van der Waals surface area contributed by atoms with Crippen molar-refractivity contribution >= 4 is 0 Å². The van der Waals surface area contributed by atoms with Gasteiger partial charge in [-0.15, -0.1) is 0 Å². The zero-order valence-corrected chi connectivity index (χ0v) is 10.5. The van der Waals surface area contributed by atoms with Crippen LogP contribution in [0.2, 0.25) is 0 Å². The molecule has 1 atom stereocenters. The molecule has 1 heterocycles. The molecule has 1 aliphatic rings. The van der Waals surface area contributed by atoms with Gasteiger partial charge < -0.3 is 15.4 Å². The Kier molecular flexibility index (Phi) is 5.03. The van der Waals surface area contributed by atoms with Crippen LogP contribution in [0, 0.1) is 5.41 Å². The van der Waals surface area contributed by atoms with E-state index in [1.165, 1.54) is 32.4 Å². The number of rotatable bonds is 5. The molecule has 0 aromatic heterocycles. The average Bonchev–Trinajstić information content (AvgIpc) is 2.22. The molecular weight excluding hydrogens is 188 g/mol. The van der Waals surface area contributed by atoms with Crippen molar-refractivity contribution in [3.63, 3.8) is 0 Å². The number of ether oxygens (including phenoxy) is 1. The molecule has 0 radical (unpaired) electrons. The third kappa shape index (κ3) is 4.09. The molecule has 1 aliphatic heterocycles. The lowest BCUT2D eigenvalue weighted by atomic mass is 9.78. The summed E-state index contributed by atoms with van der Waals surface area (Å²) in [4.78, 5) is 2.47. The van der Waals surface area contributed by atoms with Crippen LogP contribution in [0.1, 0.15) is 33.1 Å². The van der Waals surface area contributed by atoms with Crippen molar-refractivity contribution in [3.05, 3.63) is 0 Å². The minimum atomic E-state index is 0.168. The van der Waals surface area contributed by atoms with Crippen molar-refractivity contribution in [2.75, 3.05) is 33.4 Å². The maximum absolute atomic E-state index is 5.95. The molecule has 0 amide bonds. The summed E-state index contributed by atoms with van der Waals surface area (Å²) < 4.78 is 5.06. The molecule has 0 spiro atoms. The Balaban J connectivity index is 2.25. The Morgan fingerprint density at radius 3 is 2.47 bits per heavy atom. The van der Waals surface area contributed by atoms with E-state index < -0.39 is 0 Å². The summed E-state index contributed by atoms with van der Waals surface area (Å²) in [7, 11) is 1.71. The largest absolute Gasteiger partial charge is 0.383 e. The number of methoxy groups -OCH3 is 1. The summed E-state index contributed by atoms with van der Waals surface area (Å²) in [6, 6.07) is 0.168. The Hall–Kier alpha value is -0.120. The Bertz CT molecular complexity index is 176. The molecule has 0 aliphatic carbocycles. The maximum Gasteiger partial charge on any atom is 0.0626 e. The molecule has 1 rings (SSSR count). The number of nitrogens with two attached hydrogens (primary N) is 1. The zero-order valence-electron chi connectivity index (χ0n) is 10.5. The van der Waals surface area contributed by atoms with E-state index in [1.54, 1.807) is 7.11 Å². The molecule has 1 unspecified atom stereocenters. The van der Waals surface area contributed by atoms with E-state index in [9.17, 15) is 0 Å². The van der Waals surface area contributed by atoms with Gasteiger partial charge in [-0.3, -0.25) is 0 Å². The first kappa shape index (κ1) is 12.9. The monoisotopic (exact) mass is 214 g/mol. The lowest BCUT2D eigenvalue weighted by Crippen LogP contribution is -2.45. The van der Waals surface area contributed by atoms with Crippen molar-refractivity contribution in [1.82, 2.24) is 4.90 Å². The lowest BCUT2D eigenvalue weighted by Gasteiger charge is -2.39. The van der Waals surface area contributed by atoms with E-state index in [1.807, 2.05) is 0 Å². The number of piperidine rings is 1. The first-order valence-electron chi connectivity index (χ1n) is 6.06. The van der Waals surface area contributed by atoms with Crippen molar-refractivity contribution in [2.24, 2.45) is 11.1 Å². The van der Waals surface area contributed by atoms with Gasteiger partial charge in [-0.25, -0.2) is 0 Å². The van der Waals surface area contributed by atoms with Gasteiger partial charge in [0.25, 0.3) is 0 Å². The van der Waals surface area contributed by atoms with E-state index in [2.05, 4.69) is 18.7 Å². The van der Waals surface area contributed by atoms with Gasteiger partial charge in [-0.1, -0.05) is 20.3 Å². The zero-order chi connectivity index (χ0) is 11.3. The number of likely N-dealkylation sites (tertiary alicyclic amines) is 1. The van der Waals surface area contributed by atoms with Crippen LogP contribution < -0.4 is 5.73 Å². The van der Waals surface area contributed by atoms with Gasteiger partial charge in [-0.05, 0) is 31.3 Å². The number of hydrogen-bond donors (Lipinski definition) is 1. The van der Waals surface area contributed by atoms with Crippen LogP contribution in [0.25, 0.3) is 0 Å². The van der Waals surface area contributed by atoms with Crippen molar-refractivity contribution in [2.45, 2.75) is 39.2 Å². The summed E-state index contributed by atoms with van der Waals surface area (Å²) >= 11 is 0. The fraction of sp³-hybridized carbons (Fsp3) is 1.00. The van der Waals surface area contributed by atoms with Crippen molar-refractivity contribution in [3.8, 4) is 0 Å². The van der Waals surface area contributed by atoms with Gasteiger partial charge in [-0.2, -0.15) is 0 Å². The van der Waals surface area contributed by atoms with Crippen LogP contribution in [-0.4, -0.2) is 44.3 Å². The van der Waals surface area contributed by atoms with Gasteiger partial charge in [0.05, 0.1) is 6.61 Å². The lowest BCUT2D eigenvalue weighted by molar-refractivity contribution is 0.0943. The molecular formula is C12H26N2O. The van der Waals surface area contributed by atoms with Crippen LogP contribution in [-0.2, 0) is 4.74 Å². The number of hydrogen-bond acceptors (Lipinski definition) is 3. The first-order chi connectivity index (χ1) is 7.09. The average molecular weight is 214 g/mol. The second kappa shape index (κ2) is 5.83. The van der Waals surface area contributed by atoms with Crippen molar-refractivity contribution < 1.29 is 4.74 Å². The first-order valence-corrected chi connectivity index (χ1v) is 6.06. The molecule has 1 fully saturated rings. The number of nitrogens with zero attached hydrogens (tertiary/aromatic N) is 1. The predicted octanol–water partition coefficient (Wildman–Crippen LogP) is 1.47. The van der Waals surface area contributed by atoms with Crippen molar-refractivity contribution in [1.29, 1.82) is 0 Å². The molecule has 0 bridgehead atoms. The van der Waals surface area contributed by atoms with E-state index in [0.29, 0.717) is 12.0 Å². The molecule has 0 saturated carbocycles. The molecule has 0 aromatic rings. The second-order valence-corrected chi connectivity index (χ2v) is 5.18. The van der Waals surface area contributed by atoms with Gasteiger partial charge in [0.15, 0.2) is 0 Å². The minimum Gasteiger partial charge on any atom is -0.383 e. The smallest absolute Gasteiger partial charge is 0.0626 e. The van der Waals surface area contributed by atoms with E-state index in [0.717, 1.165) is 6.54 Å². The molecule has 2 N–H and O–H groups in total. The normalized spacial score (nSPS) is 24.0. The van der Waals surface area contributed by atoms with E-state index in [-0.39, 0.29) is 6.04 Å². The molecule has 3 heteroatoms. The summed E-state index contributed by atoms with van der Waals surface area (Å²) in [5, 5.41) is 0. The summed E-state index contributed by atoms with van der Waals surface area (Å²) in [6.07, 6.45) is 3.91. The quantitative estimate of drug-likeness (QED) is 0.753. The highest BCUT2D eigenvalue weighted by atomic mass is 16.5. The van der Waals surface area contributed by atoms with E-state index >= 15 is 0 Å². The molecule has 90 valence electrons. The summed E-state index contributed by atoms with van der Waals surface area (Å²) in [5.74, 6) is 0. The second-order valence-electron chi connectivity index (χ2n) is 5.18. The Morgan fingerprint density at radius 1 is 1.40 bits per heavy atom. The highest BCUT2D eigenvalue weighted by Crippen LogP contribution is 2.33. The molecule has 15 heavy (non-hydrogen) atoms. The third-order valence-electron chi connectivity index (χ3n) is 3.79. The summed E-state index contributed by atoms with van der Waals surface area (Å²) in [6.45, 7) is 8.74. The highest BCUT2D eigenvalue weighted by molar-refractivity contribution is 4.82. The standard InChI is InChI=1S/C12H26N2O/c1-4-12(2)5-7-14(8-6-12)9-11(13)10-15-3/h11H,4-10,13H2,1-3H3. The van der Waals surface area contributed by atoms with Gasteiger partial charge in [0.2, 0.25) is 0 Å². The maximum atomic E-state index is 5.95. The van der Waals surface area contributed by atoms with Crippen LogP contribution >= 0.6 is 0 Å². The fourth-order valence-electron chi connectivity index (χ4n) is 2.23. The van der Waals surface area contributed by atoms with Gasteiger partial charge >= 0.3 is 0 Å². The predicted molar refractivity (Wildman–Crippen MR) is 63.9 cm³/mol.